The smallest absolute Gasteiger partial charge is 0.227 e. The van der Waals surface area contributed by atoms with E-state index in [2.05, 4.69) is 40.1 Å². The summed E-state index contributed by atoms with van der Waals surface area (Å²) in [6.45, 7) is 10.0. The molecule has 0 amide bonds. The number of hydrogen-bond acceptors (Lipinski definition) is 4. The summed E-state index contributed by atoms with van der Waals surface area (Å²) in [5, 5.41) is 4.01. The molecule has 1 heterocycles. The third-order valence-corrected chi connectivity index (χ3v) is 3.67. The molecular formula is C16H21ClN4. The second kappa shape index (κ2) is 6.76. The Bertz CT molecular complexity index is 600. The van der Waals surface area contributed by atoms with Gasteiger partial charge in [0.1, 0.15) is 5.82 Å². The van der Waals surface area contributed by atoms with Crippen LogP contribution in [-0.4, -0.2) is 23.1 Å². The molecule has 0 bridgehead atoms. The van der Waals surface area contributed by atoms with Crippen molar-refractivity contribution in [1.29, 1.82) is 0 Å². The summed E-state index contributed by atoms with van der Waals surface area (Å²) in [5.41, 5.74) is 3.14. The Hall–Kier alpha value is -1.81. The van der Waals surface area contributed by atoms with E-state index in [9.17, 15) is 0 Å². The summed E-state index contributed by atoms with van der Waals surface area (Å²) >= 11 is 6.33. The van der Waals surface area contributed by atoms with Crippen molar-refractivity contribution in [2.45, 2.75) is 27.7 Å². The Labute approximate surface area is 131 Å². The van der Waals surface area contributed by atoms with Crippen molar-refractivity contribution in [3.63, 3.8) is 0 Å². The van der Waals surface area contributed by atoms with Gasteiger partial charge < -0.3 is 10.2 Å². The molecule has 4 nitrogen and oxygen atoms in total. The van der Waals surface area contributed by atoms with E-state index in [1.165, 1.54) is 0 Å². The lowest BCUT2D eigenvalue weighted by atomic mass is 10.1. The van der Waals surface area contributed by atoms with Crippen molar-refractivity contribution in [3.8, 4) is 0 Å². The van der Waals surface area contributed by atoms with E-state index in [0.29, 0.717) is 5.02 Å². The molecule has 0 unspecified atom stereocenters. The third-order valence-electron chi connectivity index (χ3n) is 3.37. The van der Waals surface area contributed by atoms with Crippen LogP contribution in [-0.2, 0) is 0 Å². The summed E-state index contributed by atoms with van der Waals surface area (Å²) in [6, 6.07) is 5.90. The van der Waals surface area contributed by atoms with Crippen molar-refractivity contribution in [3.05, 3.63) is 40.5 Å². The highest BCUT2D eigenvalue weighted by molar-refractivity contribution is 6.33. The number of nitrogens with one attached hydrogen (secondary N) is 1. The number of benzene rings is 1. The minimum absolute atomic E-state index is 0.704. The van der Waals surface area contributed by atoms with Gasteiger partial charge in [0.2, 0.25) is 5.95 Å². The zero-order valence-electron chi connectivity index (χ0n) is 12.9. The first kappa shape index (κ1) is 15.6. The van der Waals surface area contributed by atoms with Crippen molar-refractivity contribution in [2.75, 3.05) is 23.3 Å². The molecule has 0 saturated carbocycles. The van der Waals surface area contributed by atoms with E-state index in [1.54, 1.807) is 6.20 Å². The predicted molar refractivity (Wildman–Crippen MR) is 89.8 cm³/mol. The van der Waals surface area contributed by atoms with Gasteiger partial charge in [-0.15, -0.1) is 0 Å². The van der Waals surface area contributed by atoms with E-state index >= 15 is 0 Å². The molecule has 0 aliphatic rings. The zero-order valence-corrected chi connectivity index (χ0v) is 13.7. The fraction of sp³-hybridized carbons (Fsp3) is 0.375. The molecule has 0 saturated heterocycles. The summed E-state index contributed by atoms with van der Waals surface area (Å²) in [6.07, 6.45) is 1.76. The van der Waals surface area contributed by atoms with E-state index in [-0.39, 0.29) is 0 Å². The lowest BCUT2D eigenvalue weighted by molar-refractivity contribution is 0.822. The Morgan fingerprint density at radius 3 is 2.52 bits per heavy atom. The molecule has 5 heteroatoms. The van der Waals surface area contributed by atoms with Gasteiger partial charge in [0.05, 0.1) is 10.7 Å². The van der Waals surface area contributed by atoms with Crippen molar-refractivity contribution in [2.24, 2.45) is 0 Å². The van der Waals surface area contributed by atoms with E-state index < -0.39 is 0 Å². The van der Waals surface area contributed by atoms with Crippen LogP contribution in [0.15, 0.2) is 24.4 Å². The van der Waals surface area contributed by atoms with Gasteiger partial charge in [-0.2, -0.15) is 4.98 Å². The molecule has 0 spiro atoms. The van der Waals surface area contributed by atoms with Crippen LogP contribution in [0.4, 0.5) is 17.5 Å². The summed E-state index contributed by atoms with van der Waals surface area (Å²) in [4.78, 5) is 11.0. The van der Waals surface area contributed by atoms with E-state index in [4.69, 9.17) is 11.6 Å². The predicted octanol–water partition coefficient (Wildman–Crippen LogP) is 4.34. The highest BCUT2D eigenvalue weighted by atomic mass is 35.5. The fourth-order valence-electron chi connectivity index (χ4n) is 2.28. The normalized spacial score (nSPS) is 10.5. The summed E-state index contributed by atoms with van der Waals surface area (Å²) < 4.78 is 0. The lowest BCUT2D eigenvalue weighted by Gasteiger charge is -2.19. The van der Waals surface area contributed by atoms with Crippen LogP contribution in [0.3, 0.4) is 0 Å². The maximum absolute atomic E-state index is 6.33. The molecule has 112 valence electrons. The van der Waals surface area contributed by atoms with E-state index in [1.807, 2.05) is 26.0 Å². The number of nitrogens with zero attached hydrogens (tertiary/aromatic N) is 3. The molecule has 2 aromatic rings. The van der Waals surface area contributed by atoms with Crippen LogP contribution in [0.1, 0.15) is 25.0 Å². The highest BCUT2D eigenvalue weighted by Crippen LogP contribution is 2.29. The molecule has 2 rings (SSSR count). The Morgan fingerprint density at radius 2 is 1.90 bits per heavy atom. The van der Waals surface area contributed by atoms with Gasteiger partial charge in [-0.25, -0.2) is 4.98 Å². The standard InChI is InChI=1S/C16H21ClN4/c1-5-21(6-2)16-18-8-7-14(20-16)19-15-12(4)9-11(3)10-13(15)17/h7-10H,5-6H2,1-4H3,(H,18,19,20). The Balaban J connectivity index is 2.30. The first-order valence-corrected chi connectivity index (χ1v) is 7.54. The summed E-state index contributed by atoms with van der Waals surface area (Å²) in [7, 11) is 0. The number of aryl methyl sites for hydroxylation is 2. The van der Waals surface area contributed by atoms with Gasteiger partial charge >= 0.3 is 0 Å². The molecule has 21 heavy (non-hydrogen) atoms. The SMILES string of the molecule is CCN(CC)c1nccc(Nc2c(C)cc(C)cc2Cl)n1. The highest BCUT2D eigenvalue weighted by Gasteiger charge is 2.09. The zero-order chi connectivity index (χ0) is 15.4. The van der Waals surface area contributed by atoms with Crippen molar-refractivity contribution >= 4 is 29.1 Å². The molecular weight excluding hydrogens is 284 g/mol. The van der Waals surface area contributed by atoms with Crippen LogP contribution >= 0.6 is 11.6 Å². The molecule has 1 aromatic heterocycles. The third kappa shape index (κ3) is 3.64. The maximum atomic E-state index is 6.33. The minimum atomic E-state index is 0.704. The summed E-state index contributed by atoms with van der Waals surface area (Å²) in [5.74, 6) is 1.48. The van der Waals surface area contributed by atoms with Crippen LogP contribution in [0.2, 0.25) is 5.02 Å². The molecule has 1 N–H and O–H groups in total. The van der Waals surface area contributed by atoms with Crippen LogP contribution in [0.5, 0.6) is 0 Å². The monoisotopic (exact) mass is 304 g/mol. The number of rotatable bonds is 5. The molecule has 1 aromatic carbocycles. The van der Waals surface area contributed by atoms with Gasteiger partial charge in [-0.1, -0.05) is 17.7 Å². The van der Waals surface area contributed by atoms with Crippen molar-refractivity contribution in [1.82, 2.24) is 9.97 Å². The second-order valence-corrected chi connectivity index (χ2v) is 5.39. The molecule has 0 fully saturated rings. The van der Waals surface area contributed by atoms with E-state index in [0.717, 1.165) is 41.7 Å². The first-order chi connectivity index (χ1) is 10.0. The molecule has 0 radical (unpaired) electrons. The molecule has 0 atom stereocenters. The van der Waals surface area contributed by atoms with Gasteiger partial charge in [0, 0.05) is 19.3 Å². The molecule has 0 aliphatic carbocycles. The van der Waals surface area contributed by atoms with Crippen LogP contribution < -0.4 is 10.2 Å². The average Bonchev–Trinajstić information content (AvgIpc) is 2.45. The topological polar surface area (TPSA) is 41.1 Å². The quantitative estimate of drug-likeness (QED) is 0.892. The number of anilines is 3. The number of halogens is 1. The number of aromatic nitrogens is 2. The van der Waals surface area contributed by atoms with Crippen molar-refractivity contribution < 1.29 is 0 Å². The minimum Gasteiger partial charge on any atom is -0.341 e. The van der Waals surface area contributed by atoms with Gasteiger partial charge in [0.25, 0.3) is 0 Å². The molecule has 0 aliphatic heterocycles. The Kier molecular flexibility index (Phi) is 5.02. The van der Waals surface area contributed by atoms with Gasteiger partial charge in [-0.05, 0) is 51.0 Å². The largest absolute Gasteiger partial charge is 0.341 e. The van der Waals surface area contributed by atoms with Gasteiger partial charge in [0.15, 0.2) is 0 Å². The van der Waals surface area contributed by atoms with Gasteiger partial charge in [-0.3, -0.25) is 0 Å². The number of hydrogen-bond donors (Lipinski definition) is 1. The van der Waals surface area contributed by atoms with Crippen LogP contribution in [0, 0.1) is 13.8 Å². The maximum Gasteiger partial charge on any atom is 0.227 e. The average molecular weight is 305 g/mol. The fourth-order valence-corrected chi connectivity index (χ4v) is 2.65. The first-order valence-electron chi connectivity index (χ1n) is 7.16. The Morgan fingerprint density at radius 1 is 1.19 bits per heavy atom. The van der Waals surface area contributed by atoms with Crippen LogP contribution in [0.25, 0.3) is 0 Å². The second-order valence-electron chi connectivity index (χ2n) is 4.98. The lowest BCUT2D eigenvalue weighted by Crippen LogP contribution is -2.24.